The van der Waals surface area contributed by atoms with Crippen molar-refractivity contribution in [3.63, 3.8) is 0 Å². The Morgan fingerprint density at radius 2 is 2.24 bits per heavy atom. The van der Waals surface area contributed by atoms with E-state index in [9.17, 15) is 4.39 Å². The zero-order valence-corrected chi connectivity index (χ0v) is 14.4. The first-order chi connectivity index (χ1) is 10.1. The molecule has 0 bridgehead atoms. The van der Waals surface area contributed by atoms with E-state index in [0.29, 0.717) is 16.3 Å². The molecule has 1 aromatic heterocycles. The molecule has 1 fully saturated rings. The van der Waals surface area contributed by atoms with Crippen molar-refractivity contribution in [2.24, 2.45) is 11.8 Å². The van der Waals surface area contributed by atoms with Crippen LogP contribution in [-0.4, -0.2) is 15.4 Å². The van der Waals surface area contributed by atoms with Crippen molar-refractivity contribution in [3.8, 4) is 0 Å². The van der Waals surface area contributed by atoms with Gasteiger partial charge in [0.15, 0.2) is 0 Å². The Kier molecular flexibility index (Phi) is 4.55. The number of aromatic nitrogens is 2. The fraction of sp³-hybridized carbons (Fsp3) is 0.562. The summed E-state index contributed by atoms with van der Waals surface area (Å²) in [6.45, 7) is 3.23. The van der Waals surface area contributed by atoms with Gasteiger partial charge < -0.3 is 4.57 Å². The Balaban J connectivity index is 2.00. The van der Waals surface area contributed by atoms with E-state index in [1.165, 1.54) is 19.3 Å². The van der Waals surface area contributed by atoms with Gasteiger partial charge in [0, 0.05) is 24.9 Å². The predicted molar refractivity (Wildman–Crippen MR) is 88.3 cm³/mol. The summed E-state index contributed by atoms with van der Waals surface area (Å²) in [4.78, 5) is 4.65. The second kappa shape index (κ2) is 6.25. The third kappa shape index (κ3) is 3.11. The number of halogens is 3. The minimum absolute atomic E-state index is 0.235. The molecule has 21 heavy (non-hydrogen) atoms. The maximum absolute atomic E-state index is 13.9. The van der Waals surface area contributed by atoms with Crippen LogP contribution in [0.1, 0.15) is 32.0 Å². The lowest BCUT2D eigenvalue weighted by Gasteiger charge is -2.14. The molecule has 114 valence electrons. The molecular weight excluding hydrogens is 355 g/mol. The number of nitrogens with zero attached hydrogens (tertiary/aromatic N) is 2. The van der Waals surface area contributed by atoms with E-state index >= 15 is 0 Å². The van der Waals surface area contributed by atoms with Gasteiger partial charge in [-0.05, 0) is 46.7 Å². The van der Waals surface area contributed by atoms with Gasteiger partial charge in [-0.25, -0.2) is 9.37 Å². The molecule has 1 aromatic carbocycles. The summed E-state index contributed by atoms with van der Waals surface area (Å²) in [6.07, 6.45) is 4.51. The highest BCUT2D eigenvalue weighted by molar-refractivity contribution is 9.10. The SMILES string of the molecule is CC1CCC(Cn2c(CCCl)nc3cc(Br)c(F)cc32)C1. The Bertz CT molecular complexity index is 655. The molecule has 0 spiro atoms. The maximum atomic E-state index is 13.9. The highest BCUT2D eigenvalue weighted by atomic mass is 79.9. The Morgan fingerprint density at radius 1 is 1.43 bits per heavy atom. The maximum Gasteiger partial charge on any atom is 0.139 e. The van der Waals surface area contributed by atoms with Crippen molar-refractivity contribution in [2.45, 2.75) is 39.2 Å². The van der Waals surface area contributed by atoms with E-state index in [0.717, 1.165) is 35.7 Å². The molecular formula is C16H19BrClFN2. The Morgan fingerprint density at radius 3 is 2.90 bits per heavy atom. The first-order valence-electron chi connectivity index (χ1n) is 7.48. The van der Waals surface area contributed by atoms with Crippen molar-refractivity contribution in [1.29, 1.82) is 0 Å². The molecule has 0 N–H and O–H groups in total. The number of fused-ring (bicyclic) bond motifs is 1. The van der Waals surface area contributed by atoms with Gasteiger partial charge in [-0.15, -0.1) is 11.6 Å². The summed E-state index contributed by atoms with van der Waals surface area (Å²) in [5.41, 5.74) is 1.73. The van der Waals surface area contributed by atoms with Crippen molar-refractivity contribution < 1.29 is 4.39 Å². The fourth-order valence-corrected chi connectivity index (χ4v) is 3.90. The third-order valence-corrected chi connectivity index (χ3v) is 5.23. The molecule has 1 heterocycles. The average Bonchev–Trinajstić information content (AvgIpc) is 2.97. The molecule has 1 saturated carbocycles. The lowest BCUT2D eigenvalue weighted by atomic mass is 10.1. The molecule has 0 amide bonds. The van der Waals surface area contributed by atoms with Crippen LogP contribution in [0.2, 0.25) is 0 Å². The highest BCUT2D eigenvalue weighted by Gasteiger charge is 2.23. The second-order valence-corrected chi connectivity index (χ2v) is 7.35. The zero-order valence-electron chi connectivity index (χ0n) is 12.1. The first-order valence-corrected chi connectivity index (χ1v) is 8.81. The van der Waals surface area contributed by atoms with Gasteiger partial charge in [-0.3, -0.25) is 0 Å². The van der Waals surface area contributed by atoms with Crippen LogP contribution in [0, 0.1) is 17.7 Å². The summed E-state index contributed by atoms with van der Waals surface area (Å²) in [5.74, 6) is 2.73. The summed E-state index contributed by atoms with van der Waals surface area (Å²) >= 11 is 9.14. The number of aryl methyl sites for hydroxylation is 1. The van der Waals surface area contributed by atoms with Crippen molar-refractivity contribution in [1.82, 2.24) is 9.55 Å². The Hall–Kier alpha value is -0.610. The average molecular weight is 374 g/mol. The molecule has 2 atom stereocenters. The summed E-state index contributed by atoms with van der Waals surface area (Å²) < 4.78 is 16.5. The van der Waals surface area contributed by atoms with Crippen LogP contribution in [-0.2, 0) is 13.0 Å². The van der Waals surface area contributed by atoms with E-state index < -0.39 is 0 Å². The van der Waals surface area contributed by atoms with E-state index in [2.05, 4.69) is 32.4 Å². The standard InChI is InChI=1S/C16H19BrClFN2/c1-10-2-3-11(6-10)9-21-15-8-13(19)12(17)7-14(15)20-16(21)4-5-18/h7-8,10-11H,2-6,9H2,1H3. The van der Waals surface area contributed by atoms with E-state index in [-0.39, 0.29) is 5.82 Å². The van der Waals surface area contributed by atoms with Crippen LogP contribution >= 0.6 is 27.5 Å². The van der Waals surface area contributed by atoms with Crippen LogP contribution in [0.5, 0.6) is 0 Å². The molecule has 1 aliphatic carbocycles. The molecule has 3 rings (SSSR count). The van der Waals surface area contributed by atoms with Crippen molar-refractivity contribution in [2.75, 3.05) is 5.88 Å². The number of benzene rings is 1. The third-order valence-electron chi connectivity index (χ3n) is 4.43. The van der Waals surface area contributed by atoms with Gasteiger partial charge in [-0.2, -0.15) is 0 Å². The van der Waals surface area contributed by atoms with Gasteiger partial charge in [0.2, 0.25) is 0 Å². The van der Waals surface area contributed by atoms with Gasteiger partial charge >= 0.3 is 0 Å². The largest absolute Gasteiger partial charge is 0.328 e. The zero-order chi connectivity index (χ0) is 15.0. The lowest BCUT2D eigenvalue weighted by molar-refractivity contribution is 0.439. The number of hydrogen-bond acceptors (Lipinski definition) is 1. The smallest absolute Gasteiger partial charge is 0.139 e. The number of alkyl halides is 1. The number of rotatable bonds is 4. The quantitative estimate of drug-likeness (QED) is 0.677. The molecule has 0 aliphatic heterocycles. The molecule has 1 aliphatic rings. The topological polar surface area (TPSA) is 17.8 Å². The Labute approximate surface area is 137 Å². The highest BCUT2D eigenvalue weighted by Crippen LogP contribution is 2.33. The fourth-order valence-electron chi connectivity index (χ4n) is 3.40. The number of imidazole rings is 1. The van der Waals surface area contributed by atoms with Crippen LogP contribution in [0.25, 0.3) is 11.0 Å². The molecule has 2 aromatic rings. The van der Waals surface area contributed by atoms with Gasteiger partial charge in [0.25, 0.3) is 0 Å². The molecule has 5 heteroatoms. The first kappa shape index (κ1) is 15.3. The summed E-state index contributed by atoms with van der Waals surface area (Å²) in [6, 6.07) is 3.35. The monoisotopic (exact) mass is 372 g/mol. The minimum atomic E-state index is -0.235. The molecule has 2 unspecified atom stereocenters. The second-order valence-electron chi connectivity index (χ2n) is 6.12. The normalized spacial score (nSPS) is 22.3. The lowest BCUT2D eigenvalue weighted by Crippen LogP contribution is -2.11. The summed E-state index contributed by atoms with van der Waals surface area (Å²) in [5, 5.41) is 0. The number of hydrogen-bond donors (Lipinski definition) is 0. The van der Waals surface area contributed by atoms with Crippen LogP contribution in [0.3, 0.4) is 0 Å². The molecule has 2 nitrogen and oxygen atoms in total. The van der Waals surface area contributed by atoms with E-state index in [1.54, 1.807) is 12.1 Å². The van der Waals surface area contributed by atoms with Crippen LogP contribution < -0.4 is 0 Å². The summed E-state index contributed by atoms with van der Waals surface area (Å²) in [7, 11) is 0. The molecule has 0 saturated heterocycles. The molecule has 0 radical (unpaired) electrons. The van der Waals surface area contributed by atoms with E-state index in [4.69, 9.17) is 11.6 Å². The van der Waals surface area contributed by atoms with Crippen molar-refractivity contribution >= 4 is 38.6 Å². The predicted octanol–water partition coefficient (Wildman–Crippen LogP) is 5.16. The van der Waals surface area contributed by atoms with Crippen LogP contribution in [0.15, 0.2) is 16.6 Å². The van der Waals surface area contributed by atoms with E-state index in [1.807, 2.05) is 0 Å². The van der Waals surface area contributed by atoms with Crippen LogP contribution in [0.4, 0.5) is 4.39 Å². The van der Waals surface area contributed by atoms with Gasteiger partial charge in [0.1, 0.15) is 11.6 Å². The van der Waals surface area contributed by atoms with Crippen molar-refractivity contribution in [3.05, 3.63) is 28.2 Å². The van der Waals surface area contributed by atoms with Gasteiger partial charge in [-0.1, -0.05) is 13.3 Å². The van der Waals surface area contributed by atoms with Gasteiger partial charge in [0.05, 0.1) is 15.5 Å². The minimum Gasteiger partial charge on any atom is -0.328 e.